The van der Waals surface area contributed by atoms with E-state index in [0.29, 0.717) is 6.42 Å². The van der Waals surface area contributed by atoms with E-state index in [4.69, 9.17) is 6.48 Å². The quantitative estimate of drug-likeness (QED) is 0.586. The molecule has 4 heteroatoms. The Bertz CT molecular complexity index is 149. The fourth-order valence-corrected chi connectivity index (χ4v) is 0.423. The highest BCUT2D eigenvalue weighted by atomic mass is 16.4. The molecule has 0 aliphatic heterocycles. The highest BCUT2D eigenvalue weighted by Gasteiger charge is 2.00. The van der Waals surface area contributed by atoms with Crippen molar-refractivity contribution in [3.63, 3.8) is 0 Å². The standard InChI is InChI=1S/C6H11NO3/c1-2-3-5(8)7-4-6(9)10/h2-4H2,1H3,(H,7,8)(H,9,10)/i1D. The van der Waals surface area contributed by atoms with Gasteiger partial charge in [0.15, 0.2) is 0 Å². The third-order valence-electron chi connectivity index (χ3n) is 0.841. The Kier molecular flexibility index (Phi) is 3.37. The molecule has 0 heterocycles. The number of carboxylic acids is 1. The minimum atomic E-state index is -1.05. The van der Waals surface area contributed by atoms with Gasteiger partial charge in [0.05, 0.1) is 0 Å². The van der Waals surface area contributed by atoms with E-state index in [0.717, 1.165) is 0 Å². The zero-order valence-corrected chi connectivity index (χ0v) is 5.59. The van der Waals surface area contributed by atoms with E-state index in [2.05, 4.69) is 5.32 Å². The lowest BCUT2D eigenvalue weighted by atomic mass is 10.3. The van der Waals surface area contributed by atoms with Crippen molar-refractivity contribution in [1.82, 2.24) is 5.32 Å². The van der Waals surface area contributed by atoms with Gasteiger partial charge in [-0.25, -0.2) is 0 Å². The molecule has 0 aliphatic rings. The molecular formula is C6H11NO3. The van der Waals surface area contributed by atoms with Gasteiger partial charge in [0.2, 0.25) is 5.91 Å². The number of rotatable bonds is 4. The van der Waals surface area contributed by atoms with Crippen LogP contribution in [0.2, 0.25) is 0 Å². The van der Waals surface area contributed by atoms with Crippen LogP contribution in [0.25, 0.3) is 0 Å². The first-order chi connectivity index (χ1) is 5.16. The van der Waals surface area contributed by atoms with Gasteiger partial charge in [-0.1, -0.05) is 6.90 Å². The smallest absolute Gasteiger partial charge is 0.322 e. The maximum absolute atomic E-state index is 10.6. The molecule has 0 spiro atoms. The van der Waals surface area contributed by atoms with Gasteiger partial charge in [0, 0.05) is 7.79 Å². The van der Waals surface area contributed by atoms with Crippen LogP contribution in [0.1, 0.15) is 21.1 Å². The van der Waals surface area contributed by atoms with Gasteiger partial charge in [-0.2, -0.15) is 0 Å². The average Bonchev–Trinajstić information content (AvgIpc) is 1.97. The second kappa shape index (κ2) is 4.78. The molecule has 1 amide bonds. The maximum Gasteiger partial charge on any atom is 0.322 e. The van der Waals surface area contributed by atoms with Gasteiger partial charge in [0.25, 0.3) is 0 Å². The van der Waals surface area contributed by atoms with Crippen molar-refractivity contribution in [2.75, 3.05) is 6.54 Å². The highest BCUT2D eigenvalue weighted by Crippen LogP contribution is 1.83. The normalized spacial score (nSPS) is 10.2. The van der Waals surface area contributed by atoms with Gasteiger partial charge in [-0.05, 0) is 6.42 Å². The van der Waals surface area contributed by atoms with Gasteiger partial charge < -0.3 is 10.4 Å². The Morgan fingerprint density at radius 3 is 2.90 bits per heavy atom. The summed E-state index contributed by atoms with van der Waals surface area (Å²) in [5, 5.41) is 10.3. The zero-order valence-electron chi connectivity index (χ0n) is 6.59. The number of nitrogens with one attached hydrogen (secondary N) is 1. The summed E-state index contributed by atoms with van der Waals surface area (Å²) in [4.78, 5) is 20.6. The van der Waals surface area contributed by atoms with E-state index >= 15 is 0 Å². The summed E-state index contributed by atoms with van der Waals surface area (Å²) in [5.41, 5.74) is 0. The molecule has 0 aromatic heterocycles. The molecule has 0 bridgehead atoms. The van der Waals surface area contributed by atoms with Crippen molar-refractivity contribution in [2.24, 2.45) is 0 Å². The molecule has 0 aliphatic carbocycles. The van der Waals surface area contributed by atoms with Crippen LogP contribution in [0.4, 0.5) is 0 Å². The molecule has 58 valence electrons. The second-order valence-electron chi connectivity index (χ2n) is 1.77. The molecule has 0 aromatic carbocycles. The van der Waals surface area contributed by atoms with Crippen molar-refractivity contribution in [2.45, 2.75) is 19.7 Å². The lowest BCUT2D eigenvalue weighted by Crippen LogP contribution is -2.28. The van der Waals surface area contributed by atoms with Crippen LogP contribution in [-0.2, 0) is 9.59 Å². The summed E-state index contributed by atoms with van der Waals surface area (Å²) in [6, 6.07) is 0. The third kappa shape index (κ3) is 5.08. The maximum atomic E-state index is 10.6. The third-order valence-corrected chi connectivity index (χ3v) is 0.841. The Labute approximate surface area is 60.6 Å². The molecule has 0 saturated heterocycles. The molecule has 2 N–H and O–H groups in total. The fraction of sp³-hybridized carbons (Fsp3) is 0.667. The van der Waals surface area contributed by atoms with Gasteiger partial charge in [-0.3, -0.25) is 9.59 Å². The van der Waals surface area contributed by atoms with Crippen LogP contribution in [0.15, 0.2) is 0 Å². The van der Waals surface area contributed by atoms with Crippen LogP contribution in [0.3, 0.4) is 0 Å². The van der Waals surface area contributed by atoms with E-state index in [1.807, 2.05) is 0 Å². The monoisotopic (exact) mass is 146 g/mol. The number of carbonyl (C=O) groups is 2. The Balaban J connectivity index is 3.30. The first kappa shape index (κ1) is 7.05. The van der Waals surface area contributed by atoms with Crippen molar-refractivity contribution >= 4 is 11.9 Å². The second-order valence-corrected chi connectivity index (χ2v) is 1.77. The summed E-state index contributed by atoms with van der Waals surface area (Å²) < 4.78 is 6.72. The number of aliphatic carboxylic acids is 1. The molecule has 0 saturated carbocycles. The van der Waals surface area contributed by atoms with E-state index in [1.165, 1.54) is 0 Å². The molecule has 0 radical (unpaired) electrons. The molecule has 0 aromatic rings. The lowest BCUT2D eigenvalue weighted by Gasteiger charge is -1.97. The highest BCUT2D eigenvalue weighted by molar-refractivity contribution is 5.80. The van der Waals surface area contributed by atoms with Crippen LogP contribution >= 0.6 is 0 Å². The lowest BCUT2D eigenvalue weighted by molar-refractivity contribution is -0.137. The van der Waals surface area contributed by atoms with Gasteiger partial charge in [-0.15, -0.1) is 0 Å². The van der Waals surface area contributed by atoms with Crippen molar-refractivity contribution in [1.29, 1.82) is 0 Å². The van der Waals surface area contributed by atoms with Crippen LogP contribution < -0.4 is 5.32 Å². The Morgan fingerprint density at radius 2 is 2.40 bits per heavy atom. The topological polar surface area (TPSA) is 66.4 Å². The van der Waals surface area contributed by atoms with E-state index < -0.39 is 5.97 Å². The summed E-state index contributed by atoms with van der Waals surface area (Å²) in [7, 11) is 0. The Hall–Kier alpha value is -1.06. The molecule has 4 nitrogen and oxygen atoms in total. The number of amides is 1. The van der Waals surface area contributed by atoms with Gasteiger partial charge >= 0.3 is 5.97 Å². The molecule has 10 heavy (non-hydrogen) atoms. The average molecular weight is 146 g/mol. The summed E-state index contributed by atoms with van der Waals surface area (Å²) in [5.74, 6) is -1.36. The Morgan fingerprint density at radius 1 is 1.70 bits per heavy atom. The minimum absolute atomic E-state index is 0.195. The number of carbonyl (C=O) groups excluding carboxylic acids is 1. The van der Waals surface area contributed by atoms with Crippen molar-refractivity contribution in [3.8, 4) is 0 Å². The predicted octanol–water partition coefficient (Wildman–Crippen LogP) is -0.0127. The molecular weight excluding hydrogens is 134 g/mol. The summed E-state index contributed by atoms with van der Waals surface area (Å²) in [6.07, 6.45) is 0.711. The van der Waals surface area contributed by atoms with E-state index in [-0.39, 0.29) is 25.8 Å². The molecule has 0 unspecified atom stereocenters. The van der Waals surface area contributed by atoms with Crippen LogP contribution in [0.5, 0.6) is 0 Å². The van der Waals surface area contributed by atoms with Crippen molar-refractivity contribution in [3.05, 3.63) is 0 Å². The van der Waals surface area contributed by atoms with Crippen molar-refractivity contribution < 1.29 is 16.1 Å². The summed E-state index contributed by atoms with van der Waals surface area (Å²) >= 11 is 0. The van der Waals surface area contributed by atoms with Crippen LogP contribution in [-0.4, -0.2) is 23.5 Å². The zero-order chi connectivity index (χ0) is 8.69. The minimum Gasteiger partial charge on any atom is -0.480 e. The van der Waals surface area contributed by atoms with Gasteiger partial charge in [0.1, 0.15) is 6.54 Å². The number of carboxylic acid groups (broad SMARTS) is 1. The van der Waals surface area contributed by atoms with Crippen LogP contribution in [0, 0.1) is 0 Å². The number of hydrogen-bond donors (Lipinski definition) is 2. The SMILES string of the molecule is [2H]CCCC(=O)NCC(=O)O. The number of hydrogen-bond acceptors (Lipinski definition) is 2. The first-order valence-corrected chi connectivity index (χ1v) is 2.94. The largest absolute Gasteiger partial charge is 0.480 e. The first-order valence-electron chi connectivity index (χ1n) is 3.65. The molecule has 0 rings (SSSR count). The van der Waals surface area contributed by atoms with E-state index in [9.17, 15) is 9.59 Å². The molecule has 0 fully saturated rings. The fourth-order valence-electron chi connectivity index (χ4n) is 0.423. The van der Waals surface area contributed by atoms with E-state index in [1.54, 1.807) is 0 Å². The summed E-state index contributed by atoms with van der Waals surface area (Å²) in [6.45, 7) is -0.142. The predicted molar refractivity (Wildman–Crippen MR) is 35.6 cm³/mol. The molecule has 0 atom stereocenters.